The summed E-state index contributed by atoms with van der Waals surface area (Å²) in [4.78, 5) is 10.2. The van der Waals surface area contributed by atoms with E-state index in [1.54, 1.807) is 0 Å². The summed E-state index contributed by atoms with van der Waals surface area (Å²) in [6, 6.07) is 0. The fourth-order valence-corrected chi connectivity index (χ4v) is 0.479. The molecule has 0 spiro atoms. The van der Waals surface area contributed by atoms with Crippen LogP contribution in [0.4, 0.5) is 0 Å². The normalized spacial score (nSPS) is 8.25. The van der Waals surface area contributed by atoms with Crippen LogP contribution in [0.2, 0.25) is 0 Å². The van der Waals surface area contributed by atoms with Crippen LogP contribution in [0.25, 0.3) is 0 Å². The van der Waals surface area contributed by atoms with Gasteiger partial charge in [-0.1, -0.05) is 0 Å². The van der Waals surface area contributed by atoms with Gasteiger partial charge in [0.2, 0.25) is 0 Å². The molecule has 0 N–H and O–H groups in total. The molecule has 0 rings (SSSR count). The van der Waals surface area contributed by atoms with Crippen LogP contribution in [0.15, 0.2) is 0 Å². The minimum absolute atomic E-state index is 0.0388. The van der Waals surface area contributed by atoms with Crippen molar-refractivity contribution in [3.8, 4) is 0 Å². The Bertz CT molecular complexity index is 109. The lowest BCUT2D eigenvalue weighted by Crippen LogP contribution is -2.02. The summed E-state index contributed by atoms with van der Waals surface area (Å²) in [6.45, 7) is 1.48. The topological polar surface area (TPSA) is 26.3 Å². The van der Waals surface area contributed by atoms with E-state index in [1.165, 1.54) is 14.0 Å². The first kappa shape index (κ1) is 7.56. The van der Waals surface area contributed by atoms with Crippen molar-refractivity contribution in [1.29, 1.82) is 0 Å². The van der Waals surface area contributed by atoms with Crippen molar-refractivity contribution in [1.82, 2.24) is 0 Å². The van der Waals surface area contributed by atoms with Crippen LogP contribution in [0.5, 0.6) is 0 Å². The predicted octanol–water partition coefficient (Wildman–Crippen LogP) is 0.939. The van der Waals surface area contributed by atoms with Crippen molar-refractivity contribution >= 4 is 23.1 Å². The number of ketones is 1. The lowest BCUT2D eigenvalue weighted by molar-refractivity contribution is -0.116. The van der Waals surface area contributed by atoms with Crippen molar-refractivity contribution in [2.45, 2.75) is 13.3 Å². The zero-order chi connectivity index (χ0) is 6.57. The number of Topliss-reactive ketones (excluding diaryl/α,β-unsaturated/α-hetero) is 1. The van der Waals surface area contributed by atoms with Gasteiger partial charge in [0.15, 0.2) is 5.05 Å². The smallest absolute Gasteiger partial charge is 0.166 e. The molecule has 0 atom stereocenters. The van der Waals surface area contributed by atoms with Crippen molar-refractivity contribution < 1.29 is 9.53 Å². The number of hydrogen-bond donors (Lipinski definition) is 0. The fraction of sp³-hybridized carbons (Fsp3) is 0.600. The second-order valence-electron chi connectivity index (χ2n) is 1.45. The van der Waals surface area contributed by atoms with E-state index in [0.717, 1.165) is 0 Å². The molecule has 0 radical (unpaired) electrons. The van der Waals surface area contributed by atoms with Gasteiger partial charge in [0, 0.05) is 0 Å². The standard InChI is InChI=1S/C5H8O2S/c1-4(6)3-5(8)7-2/h3H2,1-2H3. The lowest BCUT2D eigenvalue weighted by Gasteiger charge is -1.95. The molecular weight excluding hydrogens is 124 g/mol. The lowest BCUT2D eigenvalue weighted by atomic mass is 10.3. The van der Waals surface area contributed by atoms with Crippen LogP contribution in [0.1, 0.15) is 13.3 Å². The average Bonchev–Trinajstić information content (AvgIpc) is 1.65. The minimum atomic E-state index is 0.0388. The van der Waals surface area contributed by atoms with Gasteiger partial charge in [-0.25, -0.2) is 0 Å². The van der Waals surface area contributed by atoms with Crippen molar-refractivity contribution in [2.75, 3.05) is 7.11 Å². The number of hydrogen-bond acceptors (Lipinski definition) is 3. The number of carbonyl (C=O) groups excluding carboxylic acids is 1. The number of carbonyl (C=O) groups is 1. The quantitative estimate of drug-likeness (QED) is 0.523. The van der Waals surface area contributed by atoms with Crippen LogP contribution in [-0.2, 0) is 9.53 Å². The van der Waals surface area contributed by atoms with E-state index in [2.05, 4.69) is 17.0 Å². The first-order valence-corrected chi connectivity index (χ1v) is 2.64. The van der Waals surface area contributed by atoms with Crippen molar-refractivity contribution in [2.24, 2.45) is 0 Å². The van der Waals surface area contributed by atoms with Gasteiger partial charge >= 0.3 is 0 Å². The Kier molecular flexibility index (Phi) is 3.35. The summed E-state index contributed by atoms with van der Waals surface area (Å²) < 4.78 is 4.57. The highest BCUT2D eigenvalue weighted by Crippen LogP contribution is 1.87. The molecule has 3 heteroatoms. The Morgan fingerprint density at radius 1 is 1.75 bits per heavy atom. The van der Waals surface area contributed by atoms with Gasteiger partial charge in [0.05, 0.1) is 13.5 Å². The van der Waals surface area contributed by atoms with E-state index in [1.807, 2.05) is 0 Å². The van der Waals surface area contributed by atoms with Crippen LogP contribution in [0, 0.1) is 0 Å². The molecule has 0 aromatic rings. The highest BCUT2D eigenvalue weighted by molar-refractivity contribution is 7.80. The molecule has 0 aliphatic rings. The molecule has 0 saturated heterocycles. The summed E-state index contributed by atoms with van der Waals surface area (Å²) in [6.07, 6.45) is 0.256. The van der Waals surface area contributed by atoms with Crippen LogP contribution < -0.4 is 0 Å². The number of ether oxygens (including phenoxy) is 1. The summed E-state index contributed by atoms with van der Waals surface area (Å²) in [7, 11) is 1.46. The summed E-state index contributed by atoms with van der Waals surface area (Å²) >= 11 is 4.59. The zero-order valence-electron chi connectivity index (χ0n) is 4.93. The first-order chi connectivity index (χ1) is 3.66. The third-order valence-corrected chi connectivity index (χ3v) is 0.932. The Labute approximate surface area is 53.8 Å². The van der Waals surface area contributed by atoms with E-state index >= 15 is 0 Å². The third-order valence-electron chi connectivity index (χ3n) is 0.621. The number of thiocarbonyl (C=S) groups is 1. The minimum Gasteiger partial charge on any atom is -0.490 e. The Balaban J connectivity index is 3.40. The molecule has 0 aliphatic carbocycles. The van der Waals surface area contributed by atoms with Gasteiger partial charge in [-0.05, 0) is 19.1 Å². The molecule has 0 aromatic carbocycles. The summed E-state index contributed by atoms with van der Waals surface area (Å²) in [5.41, 5.74) is 0. The molecule has 0 saturated carbocycles. The average molecular weight is 132 g/mol. The van der Waals surface area contributed by atoms with E-state index in [0.29, 0.717) is 5.05 Å². The fourth-order valence-electron chi connectivity index (χ4n) is 0.275. The molecule has 8 heavy (non-hydrogen) atoms. The van der Waals surface area contributed by atoms with E-state index in [4.69, 9.17) is 0 Å². The highest BCUT2D eigenvalue weighted by Gasteiger charge is 1.97. The number of methoxy groups -OCH3 is 1. The maximum absolute atomic E-state index is 10.2. The molecule has 0 heterocycles. The van der Waals surface area contributed by atoms with Gasteiger partial charge in [-0.2, -0.15) is 0 Å². The SMILES string of the molecule is COC(=S)CC(C)=O. The van der Waals surface area contributed by atoms with Crippen LogP contribution in [0.3, 0.4) is 0 Å². The molecule has 0 fully saturated rings. The molecule has 46 valence electrons. The van der Waals surface area contributed by atoms with Gasteiger partial charge in [0.1, 0.15) is 5.78 Å². The van der Waals surface area contributed by atoms with Gasteiger partial charge in [-0.15, -0.1) is 0 Å². The van der Waals surface area contributed by atoms with E-state index in [9.17, 15) is 4.79 Å². The van der Waals surface area contributed by atoms with Crippen molar-refractivity contribution in [3.05, 3.63) is 0 Å². The second-order valence-corrected chi connectivity index (χ2v) is 1.91. The van der Waals surface area contributed by atoms with E-state index < -0.39 is 0 Å². The van der Waals surface area contributed by atoms with Gasteiger partial charge < -0.3 is 4.74 Å². The molecular formula is C5H8O2S. The summed E-state index contributed by atoms with van der Waals surface area (Å²) in [5.74, 6) is 0.0388. The Morgan fingerprint density at radius 2 is 2.25 bits per heavy atom. The third kappa shape index (κ3) is 3.74. The molecule has 0 aromatic heterocycles. The van der Waals surface area contributed by atoms with Crippen LogP contribution >= 0.6 is 12.2 Å². The van der Waals surface area contributed by atoms with Crippen molar-refractivity contribution in [3.63, 3.8) is 0 Å². The Hall–Kier alpha value is -0.440. The molecule has 0 aliphatic heterocycles. The number of rotatable bonds is 2. The maximum Gasteiger partial charge on any atom is 0.166 e. The largest absolute Gasteiger partial charge is 0.490 e. The van der Waals surface area contributed by atoms with Gasteiger partial charge in [0.25, 0.3) is 0 Å². The first-order valence-electron chi connectivity index (χ1n) is 2.23. The molecule has 0 bridgehead atoms. The maximum atomic E-state index is 10.2. The zero-order valence-corrected chi connectivity index (χ0v) is 5.75. The molecule has 2 nitrogen and oxygen atoms in total. The summed E-state index contributed by atoms with van der Waals surface area (Å²) in [5, 5.41) is 0.359. The van der Waals surface area contributed by atoms with Crippen LogP contribution in [-0.4, -0.2) is 17.9 Å². The second kappa shape index (κ2) is 3.55. The molecule has 0 amide bonds. The predicted molar refractivity (Wildman–Crippen MR) is 34.9 cm³/mol. The Morgan fingerprint density at radius 3 is 2.38 bits per heavy atom. The van der Waals surface area contributed by atoms with Gasteiger partial charge in [-0.3, -0.25) is 4.79 Å². The van der Waals surface area contributed by atoms with E-state index in [-0.39, 0.29) is 12.2 Å². The monoisotopic (exact) mass is 132 g/mol. The highest BCUT2D eigenvalue weighted by atomic mass is 32.1. The molecule has 0 unspecified atom stereocenters.